The quantitative estimate of drug-likeness (QED) is 0.645. The predicted molar refractivity (Wildman–Crippen MR) is 65.7 cm³/mol. The van der Waals surface area contributed by atoms with Crippen molar-refractivity contribution < 1.29 is 14.4 Å². The lowest BCUT2D eigenvalue weighted by atomic mass is 10.0. The van der Waals surface area contributed by atoms with Crippen LogP contribution in [0.3, 0.4) is 0 Å². The number of hydrogen-bond acceptors (Lipinski definition) is 4. The molecule has 1 N–H and O–H groups in total. The maximum Gasteiger partial charge on any atom is 0.305 e. The number of aliphatic hydroxyl groups excluding tert-OH is 1. The van der Waals surface area contributed by atoms with E-state index >= 15 is 0 Å². The Balaban J connectivity index is 2.99. The molecule has 6 heteroatoms. The molecule has 100 valence electrons. The Labute approximate surface area is 105 Å². The summed E-state index contributed by atoms with van der Waals surface area (Å²) in [5.41, 5.74) is -0.798. The van der Waals surface area contributed by atoms with Gasteiger partial charge in [0.1, 0.15) is 0 Å². The molecule has 1 rings (SSSR count). The van der Waals surface area contributed by atoms with Crippen LogP contribution in [0.15, 0.2) is 18.2 Å². The van der Waals surface area contributed by atoms with Gasteiger partial charge in [0.15, 0.2) is 0 Å². The van der Waals surface area contributed by atoms with Crippen LogP contribution in [0.1, 0.15) is 19.4 Å². The van der Waals surface area contributed by atoms with Gasteiger partial charge in [-0.1, -0.05) is 12.1 Å². The van der Waals surface area contributed by atoms with Gasteiger partial charge in [0.05, 0.1) is 11.5 Å². The summed E-state index contributed by atoms with van der Waals surface area (Å²) in [6, 6.07) is 4.10. The van der Waals surface area contributed by atoms with Crippen molar-refractivity contribution in [2.24, 2.45) is 0 Å². The third kappa shape index (κ3) is 3.02. The molecule has 0 atom stereocenters. The van der Waals surface area contributed by atoms with Gasteiger partial charge in [0.2, 0.25) is 5.82 Å². The van der Waals surface area contributed by atoms with Crippen molar-refractivity contribution in [2.75, 3.05) is 13.7 Å². The third-order valence-electron chi connectivity index (χ3n) is 3.08. The van der Waals surface area contributed by atoms with E-state index in [0.717, 1.165) is 6.07 Å². The van der Waals surface area contributed by atoms with Crippen LogP contribution in [0.5, 0.6) is 0 Å². The Morgan fingerprint density at radius 2 is 2.11 bits per heavy atom. The third-order valence-corrected chi connectivity index (χ3v) is 3.08. The minimum atomic E-state index is -0.817. The topological polar surface area (TPSA) is 66.6 Å². The maximum absolute atomic E-state index is 13.8. The molecule has 0 heterocycles. The minimum Gasteiger partial charge on any atom is -0.394 e. The maximum atomic E-state index is 13.8. The fourth-order valence-corrected chi connectivity index (χ4v) is 1.42. The Morgan fingerprint density at radius 1 is 1.50 bits per heavy atom. The van der Waals surface area contributed by atoms with Gasteiger partial charge in [-0.3, -0.25) is 15.0 Å². The zero-order chi connectivity index (χ0) is 13.9. The van der Waals surface area contributed by atoms with Crippen molar-refractivity contribution in [1.82, 2.24) is 4.90 Å². The van der Waals surface area contributed by atoms with Gasteiger partial charge in [-0.2, -0.15) is 4.39 Å². The van der Waals surface area contributed by atoms with Crippen molar-refractivity contribution in [3.8, 4) is 0 Å². The first-order valence-corrected chi connectivity index (χ1v) is 5.53. The molecule has 0 radical (unpaired) electrons. The highest BCUT2D eigenvalue weighted by Gasteiger charge is 2.25. The van der Waals surface area contributed by atoms with Gasteiger partial charge >= 0.3 is 5.69 Å². The first-order valence-electron chi connectivity index (χ1n) is 5.53. The first-order chi connectivity index (χ1) is 8.29. The summed E-state index contributed by atoms with van der Waals surface area (Å²) < 4.78 is 13.8. The van der Waals surface area contributed by atoms with E-state index in [1.165, 1.54) is 12.1 Å². The minimum absolute atomic E-state index is 0.0833. The van der Waals surface area contributed by atoms with Crippen LogP contribution in [0.25, 0.3) is 0 Å². The standard InChI is InChI=1S/C12H17FN2O3/c1-12(2,8-16)14(3)7-9-5-4-6-10(11(9)13)15(17)18/h4-6,16H,7-8H2,1-3H3. The monoisotopic (exact) mass is 256 g/mol. The van der Waals surface area contributed by atoms with E-state index in [9.17, 15) is 19.6 Å². The number of halogens is 1. The van der Waals surface area contributed by atoms with E-state index in [1.807, 2.05) is 13.8 Å². The van der Waals surface area contributed by atoms with Gasteiger partial charge < -0.3 is 5.11 Å². The van der Waals surface area contributed by atoms with Crippen molar-refractivity contribution in [1.29, 1.82) is 0 Å². The molecule has 0 fully saturated rings. The lowest BCUT2D eigenvalue weighted by Gasteiger charge is -2.33. The summed E-state index contributed by atoms with van der Waals surface area (Å²) in [5, 5.41) is 19.8. The Morgan fingerprint density at radius 3 is 2.61 bits per heavy atom. The molecule has 0 amide bonds. The van der Waals surface area contributed by atoms with Gasteiger partial charge in [-0.25, -0.2) is 0 Å². The smallest absolute Gasteiger partial charge is 0.305 e. The van der Waals surface area contributed by atoms with Crippen LogP contribution in [0.2, 0.25) is 0 Å². The van der Waals surface area contributed by atoms with Crippen LogP contribution in [-0.4, -0.2) is 34.1 Å². The first kappa shape index (κ1) is 14.5. The van der Waals surface area contributed by atoms with Gasteiger partial charge in [-0.05, 0) is 20.9 Å². The average molecular weight is 256 g/mol. The molecule has 1 aromatic carbocycles. The van der Waals surface area contributed by atoms with E-state index in [-0.39, 0.29) is 18.7 Å². The molecule has 0 spiro atoms. The Bertz CT molecular complexity index is 449. The second-order valence-corrected chi connectivity index (χ2v) is 4.83. The van der Waals surface area contributed by atoms with Gasteiger partial charge in [-0.15, -0.1) is 0 Å². The van der Waals surface area contributed by atoms with E-state index in [4.69, 9.17) is 0 Å². The molecule has 0 bridgehead atoms. The zero-order valence-electron chi connectivity index (χ0n) is 10.7. The van der Waals surface area contributed by atoms with Crippen molar-refractivity contribution in [3.05, 3.63) is 39.7 Å². The van der Waals surface area contributed by atoms with Crippen LogP contribution in [0, 0.1) is 15.9 Å². The molecule has 0 aliphatic heterocycles. The lowest BCUT2D eigenvalue weighted by Crippen LogP contribution is -2.43. The molecule has 0 aromatic heterocycles. The number of likely N-dealkylation sites (N-methyl/N-ethyl adjacent to an activating group) is 1. The SMILES string of the molecule is CN(Cc1cccc([N+](=O)[O-])c1F)C(C)(C)CO. The second kappa shape index (κ2) is 5.41. The van der Waals surface area contributed by atoms with E-state index in [0.29, 0.717) is 0 Å². The Kier molecular flexibility index (Phi) is 4.37. The fraction of sp³-hybridized carbons (Fsp3) is 0.500. The molecule has 0 aliphatic rings. The number of benzene rings is 1. The second-order valence-electron chi connectivity index (χ2n) is 4.83. The summed E-state index contributed by atoms with van der Waals surface area (Å²) in [7, 11) is 1.73. The summed E-state index contributed by atoms with van der Waals surface area (Å²) in [6.45, 7) is 3.73. The molecule has 0 saturated heterocycles. The van der Waals surface area contributed by atoms with Crippen molar-refractivity contribution in [2.45, 2.75) is 25.9 Å². The van der Waals surface area contributed by atoms with Crippen LogP contribution < -0.4 is 0 Å². The number of nitrogens with zero attached hydrogens (tertiary/aromatic N) is 2. The van der Waals surface area contributed by atoms with Crippen molar-refractivity contribution in [3.63, 3.8) is 0 Å². The number of aliphatic hydroxyl groups is 1. The van der Waals surface area contributed by atoms with Gasteiger partial charge in [0.25, 0.3) is 0 Å². The number of nitro benzene ring substituents is 1. The molecule has 0 aliphatic carbocycles. The number of rotatable bonds is 5. The van der Waals surface area contributed by atoms with E-state index in [1.54, 1.807) is 11.9 Å². The summed E-state index contributed by atoms with van der Waals surface area (Å²) in [6.07, 6.45) is 0. The Hall–Kier alpha value is -1.53. The highest BCUT2D eigenvalue weighted by molar-refractivity contribution is 5.36. The summed E-state index contributed by atoms with van der Waals surface area (Å²) >= 11 is 0. The van der Waals surface area contributed by atoms with Crippen LogP contribution in [0.4, 0.5) is 10.1 Å². The highest BCUT2D eigenvalue weighted by atomic mass is 19.1. The molecular formula is C12H17FN2O3. The van der Waals surface area contributed by atoms with E-state index in [2.05, 4.69) is 0 Å². The number of nitro groups is 1. The molecule has 18 heavy (non-hydrogen) atoms. The van der Waals surface area contributed by atoms with E-state index < -0.39 is 22.0 Å². The molecule has 5 nitrogen and oxygen atoms in total. The predicted octanol–water partition coefficient (Wildman–Crippen LogP) is 1.94. The summed E-state index contributed by atoms with van der Waals surface area (Å²) in [4.78, 5) is 11.6. The van der Waals surface area contributed by atoms with Crippen LogP contribution >= 0.6 is 0 Å². The van der Waals surface area contributed by atoms with Gasteiger partial charge in [0, 0.05) is 23.7 Å². The lowest BCUT2D eigenvalue weighted by molar-refractivity contribution is -0.387. The molecule has 1 aromatic rings. The fourth-order valence-electron chi connectivity index (χ4n) is 1.42. The zero-order valence-corrected chi connectivity index (χ0v) is 10.7. The number of hydrogen-bond donors (Lipinski definition) is 1. The van der Waals surface area contributed by atoms with Crippen LogP contribution in [-0.2, 0) is 6.54 Å². The molecule has 0 saturated carbocycles. The molecular weight excluding hydrogens is 239 g/mol. The largest absolute Gasteiger partial charge is 0.394 e. The average Bonchev–Trinajstić information content (AvgIpc) is 2.31. The normalized spacial score (nSPS) is 11.9. The summed E-state index contributed by atoms with van der Waals surface area (Å²) in [5.74, 6) is -0.817. The molecule has 0 unspecified atom stereocenters. The highest BCUT2D eigenvalue weighted by Crippen LogP contribution is 2.23. The van der Waals surface area contributed by atoms with Crippen molar-refractivity contribution >= 4 is 5.69 Å².